The van der Waals surface area contributed by atoms with Crippen molar-refractivity contribution in [3.05, 3.63) is 35.7 Å². The summed E-state index contributed by atoms with van der Waals surface area (Å²) in [6, 6.07) is 5.07. The first-order valence-electron chi connectivity index (χ1n) is 5.36. The van der Waals surface area contributed by atoms with E-state index in [2.05, 4.69) is 15.5 Å². The Kier molecular flexibility index (Phi) is 3.18. The Bertz CT molecular complexity index is 577. The number of methoxy groups -OCH3 is 1. The smallest absolute Gasteiger partial charge is 0.259 e. The SMILES string of the molecule is COc1ccc(NC(=O)c2cn[nH]c2C)cc1N. The summed E-state index contributed by atoms with van der Waals surface area (Å²) >= 11 is 0. The number of aromatic amines is 1. The van der Waals surface area contributed by atoms with Crippen LogP contribution in [0.4, 0.5) is 11.4 Å². The number of hydrogen-bond donors (Lipinski definition) is 3. The van der Waals surface area contributed by atoms with Gasteiger partial charge in [0.2, 0.25) is 0 Å². The van der Waals surface area contributed by atoms with Crippen LogP contribution in [0, 0.1) is 6.92 Å². The molecule has 0 saturated heterocycles. The summed E-state index contributed by atoms with van der Waals surface area (Å²) in [5.41, 5.74) is 8.06. The lowest BCUT2D eigenvalue weighted by atomic mass is 10.2. The second kappa shape index (κ2) is 4.79. The number of amides is 1. The fraction of sp³-hybridized carbons (Fsp3) is 0.167. The minimum absolute atomic E-state index is 0.231. The van der Waals surface area contributed by atoms with Crippen molar-refractivity contribution in [3.8, 4) is 5.75 Å². The van der Waals surface area contributed by atoms with Crippen LogP contribution in [0.3, 0.4) is 0 Å². The highest BCUT2D eigenvalue weighted by Gasteiger charge is 2.11. The summed E-state index contributed by atoms with van der Waals surface area (Å²) in [6.07, 6.45) is 1.48. The second-order valence-electron chi connectivity index (χ2n) is 3.82. The van der Waals surface area contributed by atoms with E-state index in [9.17, 15) is 4.79 Å². The van der Waals surface area contributed by atoms with Gasteiger partial charge in [-0.1, -0.05) is 0 Å². The van der Waals surface area contributed by atoms with E-state index in [1.807, 2.05) is 0 Å². The Morgan fingerprint density at radius 1 is 1.50 bits per heavy atom. The van der Waals surface area contributed by atoms with Crippen molar-refractivity contribution in [2.75, 3.05) is 18.2 Å². The number of nitrogen functional groups attached to an aromatic ring is 1. The van der Waals surface area contributed by atoms with Gasteiger partial charge in [-0.25, -0.2) is 0 Å². The molecule has 0 bridgehead atoms. The first kappa shape index (κ1) is 12.0. The number of anilines is 2. The molecule has 2 aromatic rings. The van der Waals surface area contributed by atoms with Gasteiger partial charge in [-0.2, -0.15) is 5.10 Å². The van der Waals surface area contributed by atoms with Crippen molar-refractivity contribution in [3.63, 3.8) is 0 Å². The summed E-state index contributed by atoms with van der Waals surface area (Å²) in [5.74, 6) is 0.346. The molecule has 0 fully saturated rings. The van der Waals surface area contributed by atoms with Crippen molar-refractivity contribution in [1.82, 2.24) is 10.2 Å². The van der Waals surface area contributed by atoms with Gasteiger partial charge in [-0.3, -0.25) is 9.89 Å². The fourth-order valence-corrected chi connectivity index (χ4v) is 1.59. The van der Waals surface area contributed by atoms with Gasteiger partial charge in [0, 0.05) is 11.4 Å². The largest absolute Gasteiger partial charge is 0.495 e. The van der Waals surface area contributed by atoms with Crippen LogP contribution in [0.1, 0.15) is 16.1 Å². The Morgan fingerprint density at radius 2 is 2.28 bits per heavy atom. The molecule has 6 heteroatoms. The molecule has 0 spiro atoms. The number of aryl methyl sites for hydroxylation is 1. The molecule has 0 aliphatic heterocycles. The van der Waals surface area contributed by atoms with Crippen LogP contribution in [-0.2, 0) is 0 Å². The van der Waals surface area contributed by atoms with Crippen LogP contribution in [0.15, 0.2) is 24.4 Å². The molecule has 0 aliphatic rings. The minimum atomic E-state index is -0.231. The molecule has 0 atom stereocenters. The molecule has 2 rings (SSSR count). The highest BCUT2D eigenvalue weighted by atomic mass is 16.5. The number of hydrogen-bond acceptors (Lipinski definition) is 4. The zero-order valence-electron chi connectivity index (χ0n) is 10.2. The Morgan fingerprint density at radius 3 is 2.83 bits per heavy atom. The highest BCUT2D eigenvalue weighted by molar-refractivity contribution is 6.05. The van der Waals surface area contributed by atoms with Crippen LogP contribution < -0.4 is 15.8 Å². The zero-order chi connectivity index (χ0) is 13.1. The number of nitrogens with zero attached hydrogens (tertiary/aromatic N) is 1. The van der Waals surface area contributed by atoms with E-state index < -0.39 is 0 Å². The van der Waals surface area contributed by atoms with Gasteiger partial charge in [0.25, 0.3) is 5.91 Å². The van der Waals surface area contributed by atoms with E-state index in [1.54, 1.807) is 32.2 Å². The number of carbonyl (C=O) groups is 1. The van der Waals surface area contributed by atoms with Crippen LogP contribution in [0.2, 0.25) is 0 Å². The van der Waals surface area contributed by atoms with E-state index in [0.29, 0.717) is 28.4 Å². The fourth-order valence-electron chi connectivity index (χ4n) is 1.59. The average molecular weight is 246 g/mol. The van der Waals surface area contributed by atoms with Crippen LogP contribution in [0.5, 0.6) is 5.75 Å². The summed E-state index contributed by atoms with van der Waals surface area (Å²) in [7, 11) is 1.54. The Hall–Kier alpha value is -2.50. The van der Waals surface area contributed by atoms with E-state index in [0.717, 1.165) is 0 Å². The van der Waals surface area contributed by atoms with Crippen molar-refractivity contribution >= 4 is 17.3 Å². The number of carbonyl (C=O) groups excluding carboxylic acids is 1. The number of rotatable bonds is 3. The summed E-state index contributed by atoms with van der Waals surface area (Å²) in [4.78, 5) is 11.9. The molecule has 0 saturated carbocycles. The summed E-state index contributed by atoms with van der Waals surface area (Å²) in [5, 5.41) is 9.25. The molecule has 1 heterocycles. The standard InChI is InChI=1S/C12H14N4O2/c1-7-9(6-14-16-7)12(17)15-8-3-4-11(18-2)10(13)5-8/h3-6H,13H2,1-2H3,(H,14,16)(H,15,17). The summed E-state index contributed by atoms with van der Waals surface area (Å²) in [6.45, 7) is 1.78. The van der Waals surface area contributed by atoms with Crippen molar-refractivity contribution in [2.24, 2.45) is 0 Å². The van der Waals surface area contributed by atoms with Gasteiger partial charge in [0.05, 0.1) is 24.6 Å². The van der Waals surface area contributed by atoms with Crippen molar-refractivity contribution in [2.45, 2.75) is 6.92 Å². The molecule has 4 N–H and O–H groups in total. The van der Waals surface area contributed by atoms with Gasteiger partial charge in [0.15, 0.2) is 0 Å². The normalized spacial score (nSPS) is 10.1. The van der Waals surface area contributed by atoms with Crippen LogP contribution in [-0.4, -0.2) is 23.2 Å². The maximum absolute atomic E-state index is 11.9. The minimum Gasteiger partial charge on any atom is -0.495 e. The van der Waals surface area contributed by atoms with Gasteiger partial charge in [-0.15, -0.1) is 0 Å². The average Bonchev–Trinajstić information content (AvgIpc) is 2.76. The molecular weight excluding hydrogens is 232 g/mol. The van der Waals surface area contributed by atoms with Crippen LogP contribution in [0.25, 0.3) is 0 Å². The quantitative estimate of drug-likeness (QED) is 0.716. The van der Waals surface area contributed by atoms with Gasteiger partial charge >= 0.3 is 0 Å². The molecule has 0 radical (unpaired) electrons. The van der Waals surface area contributed by atoms with E-state index in [-0.39, 0.29) is 5.91 Å². The number of nitrogens with one attached hydrogen (secondary N) is 2. The number of H-pyrrole nitrogens is 1. The van der Waals surface area contributed by atoms with Crippen molar-refractivity contribution < 1.29 is 9.53 Å². The first-order valence-corrected chi connectivity index (χ1v) is 5.36. The van der Waals surface area contributed by atoms with E-state index in [1.165, 1.54) is 6.20 Å². The van der Waals surface area contributed by atoms with Crippen molar-refractivity contribution in [1.29, 1.82) is 0 Å². The molecule has 94 valence electrons. The Labute approximate surface area is 104 Å². The molecule has 1 amide bonds. The monoisotopic (exact) mass is 246 g/mol. The number of aromatic nitrogens is 2. The van der Waals surface area contributed by atoms with Gasteiger partial charge in [-0.05, 0) is 25.1 Å². The van der Waals surface area contributed by atoms with Crippen LogP contribution >= 0.6 is 0 Å². The molecule has 6 nitrogen and oxygen atoms in total. The maximum Gasteiger partial charge on any atom is 0.259 e. The number of nitrogens with two attached hydrogens (primary N) is 1. The molecule has 1 aromatic carbocycles. The van der Waals surface area contributed by atoms with E-state index >= 15 is 0 Å². The molecule has 18 heavy (non-hydrogen) atoms. The Balaban J connectivity index is 2.17. The third-order valence-corrected chi connectivity index (χ3v) is 2.56. The van der Waals surface area contributed by atoms with Gasteiger partial charge < -0.3 is 15.8 Å². The summed E-state index contributed by atoms with van der Waals surface area (Å²) < 4.78 is 5.04. The molecule has 0 unspecified atom stereocenters. The number of benzene rings is 1. The first-order chi connectivity index (χ1) is 8.61. The van der Waals surface area contributed by atoms with E-state index in [4.69, 9.17) is 10.5 Å². The predicted octanol–water partition coefficient (Wildman–Crippen LogP) is 1.56. The third kappa shape index (κ3) is 2.27. The molecular formula is C12H14N4O2. The lowest BCUT2D eigenvalue weighted by molar-refractivity contribution is 0.102. The number of ether oxygens (including phenoxy) is 1. The highest BCUT2D eigenvalue weighted by Crippen LogP contribution is 2.24. The predicted molar refractivity (Wildman–Crippen MR) is 68.7 cm³/mol. The second-order valence-corrected chi connectivity index (χ2v) is 3.82. The topological polar surface area (TPSA) is 93.0 Å². The lowest BCUT2D eigenvalue weighted by Crippen LogP contribution is -2.12. The third-order valence-electron chi connectivity index (χ3n) is 2.56. The maximum atomic E-state index is 11.9. The zero-order valence-corrected chi connectivity index (χ0v) is 10.2. The van der Waals surface area contributed by atoms with Gasteiger partial charge in [0.1, 0.15) is 5.75 Å². The molecule has 1 aromatic heterocycles. The molecule has 0 aliphatic carbocycles. The lowest BCUT2D eigenvalue weighted by Gasteiger charge is -2.08.